The minimum atomic E-state index is -0.595. The van der Waals surface area contributed by atoms with Crippen LogP contribution in [0.5, 0.6) is 0 Å². The van der Waals surface area contributed by atoms with Gasteiger partial charge in [-0.3, -0.25) is 14.9 Å². The second-order valence-corrected chi connectivity index (χ2v) is 5.23. The highest BCUT2D eigenvalue weighted by atomic mass is 16.6. The molecule has 0 heterocycles. The number of nitro groups is 1. The number of hydrogen-bond acceptors (Lipinski definition) is 4. The molecule has 3 N–H and O–H groups in total. The van der Waals surface area contributed by atoms with Crippen molar-refractivity contribution >= 4 is 17.3 Å². The molecule has 0 unspecified atom stereocenters. The van der Waals surface area contributed by atoms with Crippen molar-refractivity contribution in [3.63, 3.8) is 0 Å². The number of carbonyl (C=O) groups is 1. The number of nitrogens with zero attached hydrogens (tertiary/aromatic N) is 1. The SMILES string of the molecule is CCC(C)(C)CNC(=O)c1ccc(N)c([N+](=O)[O-])c1. The van der Waals surface area contributed by atoms with Crippen molar-refractivity contribution in [2.45, 2.75) is 27.2 Å². The van der Waals surface area contributed by atoms with Crippen molar-refractivity contribution in [2.24, 2.45) is 5.41 Å². The molecule has 0 atom stereocenters. The van der Waals surface area contributed by atoms with Gasteiger partial charge in [-0.15, -0.1) is 0 Å². The zero-order valence-electron chi connectivity index (χ0n) is 11.4. The third kappa shape index (κ3) is 3.94. The fourth-order valence-corrected chi connectivity index (χ4v) is 1.39. The topological polar surface area (TPSA) is 98.3 Å². The van der Waals surface area contributed by atoms with Crippen molar-refractivity contribution in [1.82, 2.24) is 5.32 Å². The molecule has 1 amide bonds. The van der Waals surface area contributed by atoms with E-state index in [1.807, 2.05) is 20.8 Å². The average molecular weight is 265 g/mol. The maximum Gasteiger partial charge on any atom is 0.292 e. The minimum Gasteiger partial charge on any atom is -0.393 e. The van der Waals surface area contributed by atoms with Crippen LogP contribution in [-0.4, -0.2) is 17.4 Å². The Balaban J connectivity index is 2.84. The third-order valence-electron chi connectivity index (χ3n) is 3.17. The maximum absolute atomic E-state index is 11.9. The van der Waals surface area contributed by atoms with E-state index in [2.05, 4.69) is 5.32 Å². The summed E-state index contributed by atoms with van der Waals surface area (Å²) in [5.41, 5.74) is 5.52. The Kier molecular flexibility index (Phi) is 4.47. The Morgan fingerprint density at radius 3 is 2.63 bits per heavy atom. The number of amides is 1. The first kappa shape index (κ1) is 14.9. The molecule has 0 radical (unpaired) electrons. The lowest BCUT2D eigenvalue weighted by Gasteiger charge is -2.22. The third-order valence-corrected chi connectivity index (χ3v) is 3.17. The molecule has 0 saturated carbocycles. The minimum absolute atomic E-state index is 0.00456. The summed E-state index contributed by atoms with van der Waals surface area (Å²) in [6, 6.07) is 4.05. The summed E-state index contributed by atoms with van der Waals surface area (Å²) < 4.78 is 0. The number of benzene rings is 1. The Bertz CT molecular complexity index is 498. The van der Waals surface area contributed by atoms with Crippen LogP contribution in [0.15, 0.2) is 18.2 Å². The molecule has 1 aromatic carbocycles. The summed E-state index contributed by atoms with van der Waals surface area (Å²) in [6.45, 7) is 6.64. The van der Waals surface area contributed by atoms with Crippen LogP contribution in [-0.2, 0) is 0 Å². The highest BCUT2D eigenvalue weighted by Crippen LogP contribution is 2.23. The molecule has 1 aromatic rings. The highest BCUT2D eigenvalue weighted by Gasteiger charge is 2.19. The molecule has 19 heavy (non-hydrogen) atoms. The Labute approximate surface area is 112 Å². The van der Waals surface area contributed by atoms with Crippen molar-refractivity contribution in [1.29, 1.82) is 0 Å². The number of nitro benzene ring substituents is 1. The summed E-state index contributed by atoms with van der Waals surface area (Å²) in [4.78, 5) is 22.1. The molecule has 0 aliphatic heterocycles. The van der Waals surface area contributed by atoms with E-state index >= 15 is 0 Å². The van der Waals surface area contributed by atoms with E-state index < -0.39 is 4.92 Å². The number of anilines is 1. The first-order chi connectivity index (χ1) is 8.76. The van der Waals surface area contributed by atoms with Crippen LogP contribution in [0.25, 0.3) is 0 Å². The second-order valence-electron chi connectivity index (χ2n) is 5.23. The van der Waals surface area contributed by atoms with Crippen LogP contribution in [0.1, 0.15) is 37.6 Å². The lowest BCUT2D eigenvalue weighted by atomic mass is 9.90. The Morgan fingerprint density at radius 1 is 1.47 bits per heavy atom. The zero-order chi connectivity index (χ0) is 14.6. The molecule has 0 spiro atoms. The molecule has 6 heteroatoms. The Morgan fingerprint density at radius 2 is 2.11 bits per heavy atom. The van der Waals surface area contributed by atoms with Gasteiger partial charge in [0.05, 0.1) is 4.92 Å². The normalized spacial score (nSPS) is 11.1. The number of rotatable bonds is 5. The standard InChI is InChI=1S/C13H19N3O3/c1-4-13(2,3)8-15-12(17)9-5-6-10(14)11(7-9)16(18)19/h5-7H,4,8,14H2,1-3H3,(H,15,17). The van der Waals surface area contributed by atoms with Gasteiger partial charge in [-0.05, 0) is 24.0 Å². The maximum atomic E-state index is 11.9. The summed E-state index contributed by atoms with van der Waals surface area (Å²) in [5.74, 6) is -0.329. The van der Waals surface area contributed by atoms with Crippen molar-refractivity contribution < 1.29 is 9.72 Å². The molecule has 0 saturated heterocycles. The van der Waals surface area contributed by atoms with E-state index in [9.17, 15) is 14.9 Å². The monoisotopic (exact) mass is 265 g/mol. The Hall–Kier alpha value is -2.11. The van der Waals surface area contributed by atoms with Gasteiger partial charge >= 0.3 is 0 Å². The predicted octanol–water partition coefficient (Wildman–Crippen LogP) is 2.34. The molecule has 0 aliphatic carbocycles. The summed E-state index contributed by atoms with van der Waals surface area (Å²) in [5, 5.41) is 13.5. The predicted molar refractivity (Wildman–Crippen MR) is 73.9 cm³/mol. The van der Waals surface area contributed by atoms with E-state index in [1.165, 1.54) is 18.2 Å². The largest absolute Gasteiger partial charge is 0.393 e. The fraction of sp³-hybridized carbons (Fsp3) is 0.462. The molecular formula is C13H19N3O3. The van der Waals surface area contributed by atoms with Gasteiger partial charge in [0.2, 0.25) is 0 Å². The van der Waals surface area contributed by atoms with Crippen LogP contribution in [0.2, 0.25) is 0 Å². The number of hydrogen-bond donors (Lipinski definition) is 2. The van der Waals surface area contributed by atoms with Crippen LogP contribution < -0.4 is 11.1 Å². The van der Waals surface area contributed by atoms with Gasteiger partial charge in [0.1, 0.15) is 5.69 Å². The van der Waals surface area contributed by atoms with Gasteiger partial charge in [-0.1, -0.05) is 20.8 Å². The highest BCUT2D eigenvalue weighted by molar-refractivity contribution is 5.95. The first-order valence-corrected chi connectivity index (χ1v) is 6.09. The molecule has 0 fully saturated rings. The second kappa shape index (κ2) is 5.69. The van der Waals surface area contributed by atoms with Gasteiger partial charge in [0, 0.05) is 18.2 Å². The molecule has 6 nitrogen and oxygen atoms in total. The lowest BCUT2D eigenvalue weighted by Crippen LogP contribution is -2.33. The molecular weight excluding hydrogens is 246 g/mol. The lowest BCUT2D eigenvalue weighted by molar-refractivity contribution is -0.383. The van der Waals surface area contributed by atoms with E-state index in [1.54, 1.807) is 0 Å². The number of nitrogens with one attached hydrogen (secondary N) is 1. The van der Waals surface area contributed by atoms with Gasteiger partial charge in [0.25, 0.3) is 11.6 Å². The van der Waals surface area contributed by atoms with E-state index in [0.29, 0.717) is 6.54 Å². The summed E-state index contributed by atoms with van der Waals surface area (Å²) >= 11 is 0. The molecule has 0 bridgehead atoms. The van der Waals surface area contributed by atoms with Gasteiger partial charge in [0.15, 0.2) is 0 Å². The number of nitrogen functional groups attached to an aromatic ring is 1. The summed E-state index contributed by atoms with van der Waals surface area (Å²) in [6.07, 6.45) is 0.926. The first-order valence-electron chi connectivity index (χ1n) is 6.09. The molecule has 0 aliphatic rings. The van der Waals surface area contributed by atoms with Crippen molar-refractivity contribution in [2.75, 3.05) is 12.3 Å². The van der Waals surface area contributed by atoms with E-state index in [0.717, 1.165) is 6.42 Å². The van der Waals surface area contributed by atoms with Crippen LogP contribution in [0.4, 0.5) is 11.4 Å². The average Bonchev–Trinajstić information content (AvgIpc) is 2.36. The number of carbonyl (C=O) groups excluding carboxylic acids is 1. The van der Waals surface area contributed by atoms with Crippen LogP contribution in [0, 0.1) is 15.5 Å². The quantitative estimate of drug-likeness (QED) is 0.485. The molecule has 0 aromatic heterocycles. The van der Waals surface area contributed by atoms with Gasteiger partial charge < -0.3 is 11.1 Å². The zero-order valence-corrected chi connectivity index (χ0v) is 11.4. The van der Waals surface area contributed by atoms with Crippen molar-refractivity contribution in [3.8, 4) is 0 Å². The van der Waals surface area contributed by atoms with Gasteiger partial charge in [-0.25, -0.2) is 0 Å². The van der Waals surface area contributed by atoms with Crippen molar-refractivity contribution in [3.05, 3.63) is 33.9 Å². The fourth-order valence-electron chi connectivity index (χ4n) is 1.39. The van der Waals surface area contributed by atoms with E-state index in [4.69, 9.17) is 5.73 Å². The molecule has 104 valence electrons. The molecule has 1 rings (SSSR count). The number of nitrogens with two attached hydrogens (primary N) is 1. The van der Waals surface area contributed by atoms with Gasteiger partial charge in [-0.2, -0.15) is 0 Å². The van der Waals surface area contributed by atoms with E-state index in [-0.39, 0.29) is 28.3 Å². The summed E-state index contributed by atoms with van der Waals surface area (Å²) in [7, 11) is 0. The smallest absolute Gasteiger partial charge is 0.292 e. The van der Waals surface area contributed by atoms with Crippen LogP contribution in [0.3, 0.4) is 0 Å². The van der Waals surface area contributed by atoms with Crippen LogP contribution >= 0.6 is 0 Å².